The maximum absolute atomic E-state index is 14.3. The Bertz CT molecular complexity index is 2100. The normalized spacial score (nSPS) is 14.3. The summed E-state index contributed by atoms with van der Waals surface area (Å²) in [6, 6.07) is 6.62. The van der Waals surface area contributed by atoms with Gasteiger partial charge < -0.3 is 64.9 Å². The van der Waals surface area contributed by atoms with Gasteiger partial charge in [0.25, 0.3) is 0 Å². The Kier molecular flexibility index (Phi) is 20.7. The SMILES string of the molecule is C[C@H](NC(=O)[C@@H](N)CS)C(=O)N[C@@H](CCC(N)=O)C(=O)N[C@H](Cc1ccccc1)C(=O)N[C@@H](CCCN=C(N)N)C(=O)N[C@@H](Cc1c[nH]c2ccccc12)C(=O)N[C@@H](CS)C(=O)O. The van der Waals surface area contributed by atoms with E-state index < -0.39 is 89.6 Å². The molecule has 21 nitrogen and oxygen atoms in total. The number of carboxylic acids is 1. The molecule has 63 heavy (non-hydrogen) atoms. The Morgan fingerprint density at radius 2 is 1.21 bits per heavy atom. The summed E-state index contributed by atoms with van der Waals surface area (Å²) >= 11 is 8.02. The molecule has 0 saturated heterocycles. The molecule has 0 fully saturated rings. The number of aliphatic carboxylic acids is 1. The molecule has 3 aromatic rings. The lowest BCUT2D eigenvalue weighted by Gasteiger charge is -2.27. The van der Waals surface area contributed by atoms with E-state index in [1.165, 1.54) is 6.92 Å². The lowest BCUT2D eigenvalue weighted by molar-refractivity contribution is -0.141. The Labute approximate surface area is 374 Å². The second-order valence-electron chi connectivity index (χ2n) is 14.6. The number of amides is 7. The van der Waals surface area contributed by atoms with Crippen LogP contribution in [0.5, 0.6) is 0 Å². The number of para-hydroxylation sites is 1. The van der Waals surface area contributed by atoms with Gasteiger partial charge in [0, 0.05) is 54.4 Å². The molecular formula is C40H56N12O9S2. The van der Waals surface area contributed by atoms with Crippen molar-refractivity contribution in [3.05, 3.63) is 71.9 Å². The number of nitrogens with zero attached hydrogens (tertiary/aromatic N) is 1. The van der Waals surface area contributed by atoms with Crippen molar-refractivity contribution in [1.82, 2.24) is 36.9 Å². The molecule has 0 aliphatic carbocycles. The van der Waals surface area contributed by atoms with Crippen LogP contribution in [0.15, 0.2) is 65.8 Å². The number of primary amides is 1. The minimum absolute atomic E-state index is 0.00197. The van der Waals surface area contributed by atoms with Crippen molar-refractivity contribution in [2.45, 2.75) is 87.7 Å². The van der Waals surface area contributed by atoms with Crippen molar-refractivity contribution in [2.24, 2.45) is 27.9 Å². The molecule has 1 aromatic heterocycles. The second kappa shape index (κ2) is 25.6. The summed E-state index contributed by atoms with van der Waals surface area (Å²) in [5, 5.41) is 25.7. The highest BCUT2D eigenvalue weighted by molar-refractivity contribution is 7.80. The summed E-state index contributed by atoms with van der Waals surface area (Å²) in [6.45, 7) is 1.40. The Morgan fingerprint density at radius 3 is 1.79 bits per heavy atom. The number of aliphatic imine (C=N–C) groups is 1. The van der Waals surface area contributed by atoms with Crippen molar-refractivity contribution in [1.29, 1.82) is 0 Å². The highest BCUT2D eigenvalue weighted by Gasteiger charge is 2.33. The van der Waals surface area contributed by atoms with Gasteiger partial charge in [0.15, 0.2) is 5.96 Å². The zero-order valence-corrected chi connectivity index (χ0v) is 36.3. The van der Waals surface area contributed by atoms with Gasteiger partial charge >= 0.3 is 5.97 Å². The number of carboxylic acid groups (broad SMARTS) is 1. The summed E-state index contributed by atoms with van der Waals surface area (Å²) in [4.78, 5) is 112. The number of H-pyrrole nitrogens is 1. The number of nitrogens with two attached hydrogens (primary N) is 4. The quantitative estimate of drug-likeness (QED) is 0.0172. The van der Waals surface area contributed by atoms with Gasteiger partial charge in [-0.3, -0.25) is 38.6 Å². The Morgan fingerprint density at radius 1 is 0.667 bits per heavy atom. The predicted molar refractivity (Wildman–Crippen MR) is 241 cm³/mol. The van der Waals surface area contributed by atoms with E-state index in [2.05, 4.69) is 67.1 Å². The number of thiol groups is 2. The molecule has 7 amide bonds. The van der Waals surface area contributed by atoms with Crippen molar-refractivity contribution < 1.29 is 43.5 Å². The fourth-order valence-corrected chi connectivity index (χ4v) is 6.57. The predicted octanol–water partition coefficient (Wildman–Crippen LogP) is -2.53. The Balaban J connectivity index is 1.96. The first-order valence-corrected chi connectivity index (χ1v) is 21.1. The molecule has 0 unspecified atom stereocenters. The van der Waals surface area contributed by atoms with Crippen LogP contribution in [-0.2, 0) is 51.2 Å². The van der Waals surface area contributed by atoms with Crippen LogP contribution < -0.4 is 54.8 Å². The summed E-state index contributed by atoms with van der Waals surface area (Å²) in [7, 11) is 0. The van der Waals surface area contributed by atoms with E-state index in [4.69, 9.17) is 22.9 Å². The third kappa shape index (κ3) is 16.8. The van der Waals surface area contributed by atoms with E-state index in [0.29, 0.717) is 11.1 Å². The van der Waals surface area contributed by atoms with Crippen LogP contribution in [0.25, 0.3) is 10.9 Å². The first kappa shape index (κ1) is 51.0. The molecule has 0 aliphatic rings. The molecule has 16 N–H and O–H groups in total. The molecular weight excluding hydrogens is 857 g/mol. The summed E-state index contributed by atoms with van der Waals surface area (Å²) in [6.07, 6.45) is 0.905. The summed E-state index contributed by atoms with van der Waals surface area (Å²) in [5.74, 6) is -7.50. The second-order valence-corrected chi connectivity index (χ2v) is 15.3. The Hall–Kier alpha value is -6.33. The summed E-state index contributed by atoms with van der Waals surface area (Å²) in [5.41, 5.74) is 24.0. The molecule has 23 heteroatoms. The number of hydrogen-bond acceptors (Lipinski definition) is 12. The molecule has 0 radical (unpaired) electrons. The molecule has 2 aromatic carbocycles. The van der Waals surface area contributed by atoms with Crippen LogP contribution in [0.4, 0.5) is 0 Å². The molecule has 0 spiro atoms. The highest BCUT2D eigenvalue weighted by Crippen LogP contribution is 2.20. The lowest BCUT2D eigenvalue weighted by Crippen LogP contribution is -2.60. The smallest absolute Gasteiger partial charge is 0.327 e. The maximum Gasteiger partial charge on any atom is 0.327 e. The molecule has 1 heterocycles. The minimum Gasteiger partial charge on any atom is -0.480 e. The van der Waals surface area contributed by atoms with Crippen molar-refractivity contribution in [3.8, 4) is 0 Å². The number of aromatic nitrogens is 1. The molecule has 0 bridgehead atoms. The van der Waals surface area contributed by atoms with Crippen molar-refractivity contribution in [3.63, 3.8) is 0 Å². The number of nitrogens with one attached hydrogen (secondary N) is 7. The zero-order chi connectivity index (χ0) is 46.6. The van der Waals surface area contributed by atoms with Gasteiger partial charge in [0.1, 0.15) is 36.3 Å². The monoisotopic (exact) mass is 912 g/mol. The van der Waals surface area contributed by atoms with E-state index in [1.807, 2.05) is 18.2 Å². The summed E-state index contributed by atoms with van der Waals surface area (Å²) < 4.78 is 0. The number of rotatable bonds is 26. The number of aromatic amines is 1. The van der Waals surface area contributed by atoms with Gasteiger partial charge in [-0.1, -0.05) is 48.5 Å². The number of fused-ring (bicyclic) bond motifs is 1. The number of carbonyl (C=O) groups is 8. The largest absolute Gasteiger partial charge is 0.480 e. The van der Waals surface area contributed by atoms with Crippen LogP contribution in [-0.4, -0.2) is 124 Å². The van der Waals surface area contributed by atoms with Crippen LogP contribution in [0, 0.1) is 0 Å². The number of benzene rings is 2. The molecule has 3 rings (SSSR count). The van der Waals surface area contributed by atoms with E-state index in [-0.39, 0.29) is 62.5 Å². The number of guanidine groups is 1. The van der Waals surface area contributed by atoms with E-state index in [1.54, 1.807) is 42.6 Å². The molecule has 0 aliphatic heterocycles. The van der Waals surface area contributed by atoms with Crippen LogP contribution in [0.3, 0.4) is 0 Å². The fraction of sp³-hybridized carbons (Fsp3) is 0.425. The third-order valence-corrected chi connectivity index (χ3v) is 10.4. The lowest BCUT2D eigenvalue weighted by atomic mass is 10.0. The van der Waals surface area contributed by atoms with Crippen molar-refractivity contribution in [2.75, 3.05) is 18.1 Å². The topological polar surface area (TPSA) is 361 Å². The molecule has 0 saturated carbocycles. The van der Waals surface area contributed by atoms with Gasteiger partial charge in [-0.2, -0.15) is 25.3 Å². The maximum atomic E-state index is 14.3. The highest BCUT2D eigenvalue weighted by atomic mass is 32.1. The molecule has 342 valence electrons. The van der Waals surface area contributed by atoms with E-state index in [9.17, 15) is 43.5 Å². The standard InChI is InChI=1S/C40H56N12O9S2/c1-21(47-34(55)25(41)19-62)33(54)48-28(13-14-32(42)53)36(57)50-29(16-22-8-3-2-4-9-22)37(58)49-27(12-7-15-45-40(43)44)35(56)51-30(38(59)52-31(20-63)39(60)61)17-23-18-46-26-11-6-5-10-24(23)26/h2-6,8-11,18,21,25,27-31,46,62-63H,7,12-17,19-20,41H2,1H3,(H2,42,53)(H,47,55)(H,48,54)(H,49,58)(H,50,57)(H,51,56)(H,52,59)(H,60,61)(H4,43,44,45)/t21-,25-,27-,28-,29+,30-,31-/m0/s1. The molecule has 7 atom stereocenters. The third-order valence-electron chi connectivity index (χ3n) is 9.62. The van der Waals surface area contributed by atoms with Gasteiger partial charge in [-0.15, -0.1) is 0 Å². The van der Waals surface area contributed by atoms with E-state index in [0.717, 1.165) is 10.9 Å². The van der Waals surface area contributed by atoms with Gasteiger partial charge in [-0.05, 0) is 43.4 Å². The van der Waals surface area contributed by atoms with Gasteiger partial charge in [-0.25, -0.2) is 4.79 Å². The van der Waals surface area contributed by atoms with Crippen molar-refractivity contribution >= 4 is 89.4 Å². The average molecular weight is 913 g/mol. The van der Waals surface area contributed by atoms with Gasteiger partial charge in [0.05, 0.1) is 6.04 Å². The first-order chi connectivity index (χ1) is 29.9. The number of carbonyl (C=O) groups excluding carboxylic acids is 7. The van der Waals surface area contributed by atoms with Crippen LogP contribution in [0.1, 0.15) is 43.7 Å². The number of hydrogen-bond donors (Lipinski definition) is 14. The van der Waals surface area contributed by atoms with Crippen LogP contribution >= 0.6 is 25.3 Å². The average Bonchev–Trinajstić information content (AvgIpc) is 3.66. The first-order valence-electron chi connectivity index (χ1n) is 19.9. The minimum atomic E-state index is -1.43. The van der Waals surface area contributed by atoms with E-state index >= 15 is 0 Å². The van der Waals surface area contributed by atoms with Gasteiger partial charge in [0.2, 0.25) is 41.4 Å². The fourth-order valence-electron chi connectivity index (χ4n) is 6.16. The van der Waals surface area contributed by atoms with Crippen LogP contribution in [0.2, 0.25) is 0 Å². The zero-order valence-electron chi connectivity index (χ0n) is 34.5.